The molecule has 0 amide bonds. The Bertz CT molecular complexity index is 605. The minimum Gasteiger partial charge on any atom is -0.367 e. The van der Waals surface area contributed by atoms with Gasteiger partial charge in [0.15, 0.2) is 0 Å². The zero-order chi connectivity index (χ0) is 14.7. The molecule has 1 aliphatic heterocycles. The molecule has 1 aliphatic rings. The second-order valence-corrected chi connectivity index (χ2v) is 5.72. The van der Waals surface area contributed by atoms with Crippen LogP contribution in [0.15, 0.2) is 24.3 Å². The molecule has 1 aromatic carbocycles. The molecule has 0 bridgehead atoms. The molecule has 0 radical (unpaired) electrons. The van der Waals surface area contributed by atoms with E-state index in [1.165, 1.54) is 0 Å². The molecule has 1 fully saturated rings. The van der Waals surface area contributed by atoms with Crippen molar-refractivity contribution < 1.29 is 0 Å². The van der Waals surface area contributed by atoms with Gasteiger partial charge in [0, 0.05) is 39.3 Å². The van der Waals surface area contributed by atoms with Crippen LogP contribution in [0.25, 0.3) is 11.0 Å². The van der Waals surface area contributed by atoms with Gasteiger partial charge in [0.2, 0.25) is 0 Å². The van der Waals surface area contributed by atoms with Crippen LogP contribution < -0.4 is 5.32 Å². The van der Waals surface area contributed by atoms with Crippen molar-refractivity contribution in [1.29, 1.82) is 0 Å². The van der Waals surface area contributed by atoms with Gasteiger partial charge in [-0.3, -0.25) is 4.90 Å². The second-order valence-electron chi connectivity index (χ2n) is 5.72. The van der Waals surface area contributed by atoms with Gasteiger partial charge in [-0.25, -0.2) is 9.97 Å². The summed E-state index contributed by atoms with van der Waals surface area (Å²) in [6.45, 7) is 8.61. The maximum atomic E-state index is 4.67. The normalized spacial score (nSPS) is 17.2. The first-order valence-corrected chi connectivity index (χ1v) is 7.60. The number of anilines is 1. The van der Waals surface area contributed by atoms with Gasteiger partial charge in [0.1, 0.15) is 5.82 Å². The number of hydrogen-bond donors (Lipinski definition) is 1. The molecule has 0 spiro atoms. The first kappa shape index (κ1) is 14.2. The standard InChI is InChI=1S/C16H23N5/c1-13-16(19-15-6-4-3-5-14(15)18-13)17-7-8-21-11-9-20(2)10-12-21/h3-6H,7-12H2,1-2H3,(H,17,19). The number of aromatic nitrogens is 2. The molecule has 2 aromatic rings. The summed E-state index contributed by atoms with van der Waals surface area (Å²) in [6, 6.07) is 8.01. The topological polar surface area (TPSA) is 44.3 Å². The summed E-state index contributed by atoms with van der Waals surface area (Å²) < 4.78 is 0. The highest BCUT2D eigenvalue weighted by Crippen LogP contribution is 2.15. The van der Waals surface area contributed by atoms with Gasteiger partial charge < -0.3 is 10.2 Å². The van der Waals surface area contributed by atoms with Gasteiger partial charge in [-0.2, -0.15) is 0 Å². The molecule has 1 saturated heterocycles. The number of aryl methyl sites for hydroxylation is 1. The lowest BCUT2D eigenvalue weighted by Crippen LogP contribution is -2.45. The van der Waals surface area contributed by atoms with Crippen LogP contribution in [0.3, 0.4) is 0 Å². The Labute approximate surface area is 126 Å². The van der Waals surface area contributed by atoms with E-state index in [9.17, 15) is 0 Å². The van der Waals surface area contributed by atoms with Crippen LogP contribution in [0.4, 0.5) is 5.82 Å². The van der Waals surface area contributed by atoms with E-state index >= 15 is 0 Å². The molecule has 5 nitrogen and oxygen atoms in total. The van der Waals surface area contributed by atoms with E-state index in [-0.39, 0.29) is 0 Å². The molecular weight excluding hydrogens is 262 g/mol. The van der Waals surface area contributed by atoms with Gasteiger partial charge in [-0.05, 0) is 26.1 Å². The number of nitrogens with one attached hydrogen (secondary N) is 1. The summed E-state index contributed by atoms with van der Waals surface area (Å²) in [4.78, 5) is 14.1. The van der Waals surface area contributed by atoms with E-state index in [4.69, 9.17) is 0 Å². The molecule has 2 heterocycles. The predicted molar refractivity (Wildman–Crippen MR) is 86.7 cm³/mol. The first-order valence-electron chi connectivity index (χ1n) is 7.60. The van der Waals surface area contributed by atoms with Crippen molar-refractivity contribution in [2.75, 3.05) is 51.6 Å². The van der Waals surface area contributed by atoms with Crippen molar-refractivity contribution in [1.82, 2.24) is 19.8 Å². The lowest BCUT2D eigenvalue weighted by Gasteiger charge is -2.32. The average Bonchev–Trinajstić information content (AvgIpc) is 2.50. The zero-order valence-corrected chi connectivity index (χ0v) is 12.8. The lowest BCUT2D eigenvalue weighted by atomic mass is 10.3. The van der Waals surface area contributed by atoms with Gasteiger partial charge in [-0.15, -0.1) is 0 Å². The Morgan fingerprint density at radius 1 is 1.05 bits per heavy atom. The molecule has 1 N–H and O–H groups in total. The van der Waals surface area contributed by atoms with Crippen LogP contribution in [-0.4, -0.2) is 66.1 Å². The fourth-order valence-electron chi connectivity index (χ4n) is 2.66. The van der Waals surface area contributed by atoms with Gasteiger partial charge >= 0.3 is 0 Å². The average molecular weight is 285 g/mol. The Balaban J connectivity index is 1.59. The second kappa shape index (κ2) is 6.37. The van der Waals surface area contributed by atoms with Crippen molar-refractivity contribution >= 4 is 16.9 Å². The number of hydrogen-bond acceptors (Lipinski definition) is 5. The van der Waals surface area contributed by atoms with E-state index in [0.717, 1.165) is 61.8 Å². The molecule has 0 atom stereocenters. The molecule has 21 heavy (non-hydrogen) atoms. The fourth-order valence-corrected chi connectivity index (χ4v) is 2.66. The number of nitrogens with zero attached hydrogens (tertiary/aromatic N) is 4. The summed E-state index contributed by atoms with van der Waals surface area (Å²) in [5, 5.41) is 3.43. The summed E-state index contributed by atoms with van der Waals surface area (Å²) in [5.41, 5.74) is 2.87. The maximum absolute atomic E-state index is 4.67. The van der Waals surface area contributed by atoms with Crippen molar-refractivity contribution in [2.45, 2.75) is 6.92 Å². The quantitative estimate of drug-likeness (QED) is 0.924. The van der Waals surface area contributed by atoms with Crippen LogP contribution in [0.1, 0.15) is 5.69 Å². The third-order valence-electron chi connectivity index (χ3n) is 4.06. The number of fused-ring (bicyclic) bond motifs is 1. The predicted octanol–water partition coefficient (Wildman–Crippen LogP) is 1.60. The Kier molecular flexibility index (Phi) is 4.31. The molecule has 5 heteroatoms. The number of benzene rings is 1. The largest absolute Gasteiger partial charge is 0.367 e. The summed E-state index contributed by atoms with van der Waals surface area (Å²) in [6.07, 6.45) is 0. The molecule has 0 unspecified atom stereocenters. The minimum atomic E-state index is 0.905. The third-order valence-corrected chi connectivity index (χ3v) is 4.06. The highest BCUT2D eigenvalue weighted by Gasteiger charge is 2.13. The summed E-state index contributed by atoms with van der Waals surface area (Å²) in [7, 11) is 2.18. The highest BCUT2D eigenvalue weighted by molar-refractivity contribution is 5.76. The van der Waals surface area contributed by atoms with E-state index < -0.39 is 0 Å². The van der Waals surface area contributed by atoms with Gasteiger partial charge in [-0.1, -0.05) is 12.1 Å². The Morgan fingerprint density at radius 2 is 1.71 bits per heavy atom. The van der Waals surface area contributed by atoms with E-state index in [2.05, 4.69) is 32.1 Å². The van der Waals surface area contributed by atoms with Crippen LogP contribution in [-0.2, 0) is 0 Å². The summed E-state index contributed by atoms with van der Waals surface area (Å²) in [5.74, 6) is 0.905. The maximum Gasteiger partial charge on any atom is 0.148 e. The molecule has 0 aliphatic carbocycles. The number of likely N-dealkylation sites (N-methyl/N-ethyl adjacent to an activating group) is 1. The number of para-hydroxylation sites is 2. The lowest BCUT2D eigenvalue weighted by molar-refractivity contribution is 0.158. The molecule has 1 aromatic heterocycles. The monoisotopic (exact) mass is 285 g/mol. The van der Waals surface area contributed by atoms with Gasteiger partial charge in [0.25, 0.3) is 0 Å². The van der Waals surface area contributed by atoms with E-state index in [1.807, 2.05) is 31.2 Å². The highest BCUT2D eigenvalue weighted by atomic mass is 15.2. The SMILES string of the molecule is Cc1nc2ccccc2nc1NCCN1CCN(C)CC1. The number of piperazine rings is 1. The smallest absolute Gasteiger partial charge is 0.148 e. The van der Waals surface area contributed by atoms with E-state index in [0.29, 0.717) is 0 Å². The molecule has 112 valence electrons. The van der Waals surface area contributed by atoms with Crippen molar-refractivity contribution in [2.24, 2.45) is 0 Å². The van der Waals surface area contributed by atoms with Crippen molar-refractivity contribution in [3.8, 4) is 0 Å². The van der Waals surface area contributed by atoms with Crippen LogP contribution in [0.5, 0.6) is 0 Å². The van der Waals surface area contributed by atoms with Gasteiger partial charge in [0.05, 0.1) is 16.7 Å². The Hall–Kier alpha value is -1.72. The van der Waals surface area contributed by atoms with Crippen LogP contribution >= 0.6 is 0 Å². The summed E-state index contributed by atoms with van der Waals surface area (Å²) >= 11 is 0. The fraction of sp³-hybridized carbons (Fsp3) is 0.500. The number of rotatable bonds is 4. The minimum absolute atomic E-state index is 0.905. The van der Waals surface area contributed by atoms with Crippen LogP contribution in [0.2, 0.25) is 0 Å². The first-order chi connectivity index (χ1) is 10.2. The van der Waals surface area contributed by atoms with E-state index in [1.54, 1.807) is 0 Å². The molecular formula is C16H23N5. The van der Waals surface area contributed by atoms with Crippen molar-refractivity contribution in [3.63, 3.8) is 0 Å². The zero-order valence-electron chi connectivity index (χ0n) is 12.8. The molecule has 0 saturated carbocycles. The van der Waals surface area contributed by atoms with Crippen LogP contribution in [0, 0.1) is 6.92 Å². The van der Waals surface area contributed by atoms with Crippen molar-refractivity contribution in [3.05, 3.63) is 30.0 Å². The molecule has 3 rings (SSSR count). The Morgan fingerprint density at radius 3 is 2.43 bits per heavy atom. The third kappa shape index (κ3) is 3.49.